The van der Waals surface area contributed by atoms with Gasteiger partial charge in [0, 0.05) is 25.0 Å². The maximum absolute atomic E-state index is 12.4. The van der Waals surface area contributed by atoms with Gasteiger partial charge in [-0.25, -0.2) is 0 Å². The molecule has 2 heteroatoms. The highest BCUT2D eigenvalue weighted by molar-refractivity contribution is 5.87. The van der Waals surface area contributed by atoms with Crippen molar-refractivity contribution in [3.05, 3.63) is 0 Å². The van der Waals surface area contributed by atoms with Gasteiger partial charge in [0.1, 0.15) is 5.78 Å². The molecule has 0 unspecified atom stereocenters. The van der Waals surface area contributed by atoms with Gasteiger partial charge in [-0.15, -0.1) is 0 Å². The van der Waals surface area contributed by atoms with E-state index in [2.05, 4.69) is 13.8 Å². The van der Waals surface area contributed by atoms with Crippen LogP contribution in [0.1, 0.15) is 65.2 Å². The molecule has 0 radical (unpaired) electrons. The summed E-state index contributed by atoms with van der Waals surface area (Å²) in [4.78, 5) is 12.4. The molecule has 3 saturated carbocycles. The number of rotatable bonds is 0. The molecule has 0 amide bonds. The van der Waals surface area contributed by atoms with Crippen LogP contribution in [-0.2, 0) is 9.53 Å². The molecule has 4 rings (SSSR count). The SMILES string of the molecule is C[C@]12CCOCC[C@@H]1CC[C@@H]1[C@@H]2CC[C@]2(C)C(=O)CC[C@@H]12. The Morgan fingerprint density at radius 1 is 0.952 bits per heavy atom. The Kier molecular flexibility index (Phi) is 3.26. The van der Waals surface area contributed by atoms with E-state index in [1.807, 2.05) is 0 Å². The summed E-state index contributed by atoms with van der Waals surface area (Å²) in [5.74, 6) is 3.78. The fraction of sp³-hybridized carbons (Fsp3) is 0.947. The molecule has 21 heavy (non-hydrogen) atoms. The molecule has 0 aromatic heterocycles. The fourth-order valence-corrected chi connectivity index (χ4v) is 6.79. The van der Waals surface area contributed by atoms with Crippen LogP contribution in [-0.4, -0.2) is 19.0 Å². The topological polar surface area (TPSA) is 26.3 Å². The molecule has 0 spiro atoms. The Morgan fingerprint density at radius 3 is 2.67 bits per heavy atom. The number of carbonyl (C=O) groups is 1. The molecule has 4 fully saturated rings. The summed E-state index contributed by atoms with van der Waals surface area (Å²) < 4.78 is 5.80. The first-order chi connectivity index (χ1) is 10.1. The highest BCUT2D eigenvalue weighted by Crippen LogP contribution is 2.64. The first-order valence-corrected chi connectivity index (χ1v) is 9.17. The maximum Gasteiger partial charge on any atom is 0.139 e. The second kappa shape index (κ2) is 4.81. The normalized spacial score (nSPS) is 53.5. The summed E-state index contributed by atoms with van der Waals surface area (Å²) in [6, 6.07) is 0. The van der Waals surface area contributed by atoms with E-state index in [1.54, 1.807) is 0 Å². The quantitative estimate of drug-likeness (QED) is 0.667. The third-order valence-electron chi connectivity index (χ3n) is 8.17. The van der Waals surface area contributed by atoms with Crippen LogP contribution < -0.4 is 0 Å². The molecule has 1 saturated heterocycles. The lowest BCUT2D eigenvalue weighted by Gasteiger charge is -2.57. The van der Waals surface area contributed by atoms with Crippen LogP contribution in [0.2, 0.25) is 0 Å². The van der Waals surface area contributed by atoms with Gasteiger partial charge in [0.05, 0.1) is 0 Å². The van der Waals surface area contributed by atoms with Crippen molar-refractivity contribution in [2.45, 2.75) is 65.2 Å². The number of Topliss-reactive ketones (excluding diaryl/α,β-unsaturated/α-hetero) is 1. The van der Waals surface area contributed by atoms with Gasteiger partial charge in [-0.05, 0) is 74.0 Å². The lowest BCUT2D eigenvalue weighted by atomic mass is 9.47. The van der Waals surface area contributed by atoms with Gasteiger partial charge in [-0.1, -0.05) is 13.8 Å². The van der Waals surface area contributed by atoms with Crippen LogP contribution in [0.5, 0.6) is 0 Å². The summed E-state index contributed by atoms with van der Waals surface area (Å²) in [6.45, 7) is 6.77. The molecule has 0 bridgehead atoms. The number of carbonyl (C=O) groups excluding carboxylic acids is 1. The summed E-state index contributed by atoms with van der Waals surface area (Å²) in [7, 11) is 0. The molecule has 0 N–H and O–H groups in total. The monoisotopic (exact) mass is 290 g/mol. The van der Waals surface area contributed by atoms with E-state index in [-0.39, 0.29) is 5.41 Å². The fourth-order valence-electron chi connectivity index (χ4n) is 6.79. The minimum Gasteiger partial charge on any atom is -0.381 e. The van der Waals surface area contributed by atoms with Crippen molar-refractivity contribution < 1.29 is 9.53 Å². The lowest BCUT2D eigenvalue weighted by molar-refractivity contribution is -0.136. The zero-order valence-corrected chi connectivity index (χ0v) is 13.7. The standard InChI is InChI=1S/C19H30O2/c1-18-10-12-21-11-8-13(18)3-4-14-15-5-6-17(20)19(15,2)9-7-16(14)18/h13-16H,3-12H2,1-2H3/t13-,14-,15-,16-,18-,19-/m0/s1. The summed E-state index contributed by atoms with van der Waals surface area (Å²) in [6.07, 6.45) is 9.73. The second-order valence-corrected chi connectivity index (χ2v) is 8.73. The molecule has 6 atom stereocenters. The van der Waals surface area contributed by atoms with Crippen LogP contribution in [0.3, 0.4) is 0 Å². The van der Waals surface area contributed by atoms with Crippen molar-refractivity contribution in [2.24, 2.45) is 34.5 Å². The van der Waals surface area contributed by atoms with Crippen LogP contribution in [0.25, 0.3) is 0 Å². The van der Waals surface area contributed by atoms with Gasteiger partial charge in [0.2, 0.25) is 0 Å². The zero-order valence-electron chi connectivity index (χ0n) is 13.7. The molecule has 1 aliphatic heterocycles. The summed E-state index contributed by atoms with van der Waals surface area (Å²) in [5, 5.41) is 0. The number of ketones is 1. The Hall–Kier alpha value is -0.370. The predicted octanol–water partition coefficient (Wildman–Crippen LogP) is 4.22. The van der Waals surface area contributed by atoms with E-state index in [0.29, 0.717) is 17.1 Å². The molecule has 3 aliphatic carbocycles. The highest BCUT2D eigenvalue weighted by atomic mass is 16.5. The van der Waals surface area contributed by atoms with E-state index >= 15 is 0 Å². The van der Waals surface area contributed by atoms with Gasteiger partial charge in [-0.2, -0.15) is 0 Å². The average molecular weight is 290 g/mol. The van der Waals surface area contributed by atoms with Gasteiger partial charge < -0.3 is 4.74 Å². The van der Waals surface area contributed by atoms with Crippen LogP contribution >= 0.6 is 0 Å². The van der Waals surface area contributed by atoms with Crippen molar-refractivity contribution in [3.63, 3.8) is 0 Å². The van der Waals surface area contributed by atoms with Gasteiger partial charge >= 0.3 is 0 Å². The number of ether oxygens (including phenoxy) is 1. The number of hydrogen-bond acceptors (Lipinski definition) is 2. The number of hydrogen-bond donors (Lipinski definition) is 0. The Bertz CT molecular complexity index is 445. The zero-order chi connectivity index (χ0) is 14.7. The summed E-state index contributed by atoms with van der Waals surface area (Å²) in [5.41, 5.74) is 0.512. The van der Waals surface area contributed by atoms with Crippen molar-refractivity contribution in [3.8, 4) is 0 Å². The van der Waals surface area contributed by atoms with E-state index in [1.165, 1.54) is 38.5 Å². The van der Waals surface area contributed by atoms with E-state index in [9.17, 15) is 4.79 Å². The summed E-state index contributed by atoms with van der Waals surface area (Å²) >= 11 is 0. The van der Waals surface area contributed by atoms with Crippen molar-refractivity contribution in [1.82, 2.24) is 0 Å². The van der Waals surface area contributed by atoms with Crippen molar-refractivity contribution in [2.75, 3.05) is 13.2 Å². The first-order valence-electron chi connectivity index (χ1n) is 9.17. The van der Waals surface area contributed by atoms with Gasteiger partial charge in [0.25, 0.3) is 0 Å². The second-order valence-electron chi connectivity index (χ2n) is 8.73. The maximum atomic E-state index is 12.4. The highest BCUT2D eigenvalue weighted by Gasteiger charge is 2.59. The van der Waals surface area contributed by atoms with E-state index < -0.39 is 0 Å². The minimum atomic E-state index is 0.0333. The van der Waals surface area contributed by atoms with Crippen molar-refractivity contribution in [1.29, 1.82) is 0 Å². The third-order valence-corrected chi connectivity index (χ3v) is 8.17. The Morgan fingerprint density at radius 2 is 1.81 bits per heavy atom. The lowest BCUT2D eigenvalue weighted by Crippen LogP contribution is -2.52. The molecule has 0 aromatic rings. The van der Waals surface area contributed by atoms with Gasteiger partial charge in [0.15, 0.2) is 0 Å². The predicted molar refractivity (Wildman–Crippen MR) is 82.9 cm³/mol. The largest absolute Gasteiger partial charge is 0.381 e. The average Bonchev–Trinajstić information content (AvgIpc) is 2.65. The van der Waals surface area contributed by atoms with Gasteiger partial charge in [-0.3, -0.25) is 4.79 Å². The minimum absolute atomic E-state index is 0.0333. The molecule has 118 valence electrons. The molecular weight excluding hydrogens is 260 g/mol. The molecule has 1 heterocycles. The smallest absolute Gasteiger partial charge is 0.139 e. The Labute approximate surface area is 129 Å². The van der Waals surface area contributed by atoms with E-state index in [4.69, 9.17) is 4.74 Å². The molecular formula is C19H30O2. The Balaban J connectivity index is 1.65. The van der Waals surface area contributed by atoms with Crippen LogP contribution in [0.15, 0.2) is 0 Å². The molecule has 0 aromatic carbocycles. The van der Waals surface area contributed by atoms with E-state index in [0.717, 1.165) is 43.8 Å². The van der Waals surface area contributed by atoms with Crippen LogP contribution in [0.4, 0.5) is 0 Å². The number of fused-ring (bicyclic) bond motifs is 5. The third kappa shape index (κ3) is 1.90. The van der Waals surface area contributed by atoms with Crippen LogP contribution in [0, 0.1) is 34.5 Å². The van der Waals surface area contributed by atoms with Crippen molar-refractivity contribution >= 4 is 5.78 Å². The first kappa shape index (κ1) is 14.2. The molecule has 2 nitrogen and oxygen atoms in total. The molecule has 4 aliphatic rings.